The zero-order valence-electron chi connectivity index (χ0n) is 16.2. The molecular weight excluding hydrogens is 372 g/mol. The van der Waals surface area contributed by atoms with E-state index < -0.39 is 0 Å². The molecule has 0 spiro atoms. The molecule has 0 unspecified atom stereocenters. The van der Waals surface area contributed by atoms with Gasteiger partial charge in [0.2, 0.25) is 5.91 Å². The van der Waals surface area contributed by atoms with Gasteiger partial charge in [-0.1, -0.05) is 37.3 Å². The van der Waals surface area contributed by atoms with Crippen LogP contribution in [0.5, 0.6) is 6.01 Å². The van der Waals surface area contributed by atoms with Gasteiger partial charge in [-0.3, -0.25) is 4.79 Å². The van der Waals surface area contributed by atoms with Crippen molar-refractivity contribution in [3.63, 3.8) is 0 Å². The first-order chi connectivity index (χ1) is 13.7. The highest BCUT2D eigenvalue weighted by molar-refractivity contribution is 7.18. The number of piperazine rings is 1. The molecule has 2 aromatic heterocycles. The number of aromatic nitrogens is 2. The van der Waals surface area contributed by atoms with Gasteiger partial charge in [-0.2, -0.15) is 9.97 Å². The minimum absolute atomic E-state index is 0.181. The Hall–Kier alpha value is -2.67. The number of methoxy groups -OCH3 is 1. The molecule has 6 nitrogen and oxygen atoms in total. The van der Waals surface area contributed by atoms with Crippen molar-refractivity contribution >= 4 is 33.3 Å². The first kappa shape index (κ1) is 18.7. The first-order valence-corrected chi connectivity index (χ1v) is 10.4. The third-order valence-corrected chi connectivity index (χ3v) is 6.24. The molecule has 0 saturated carbocycles. The molecule has 4 rings (SSSR count). The van der Waals surface area contributed by atoms with Gasteiger partial charge in [0.1, 0.15) is 10.6 Å². The number of benzene rings is 1. The first-order valence-electron chi connectivity index (χ1n) is 9.59. The lowest BCUT2D eigenvalue weighted by Gasteiger charge is -2.35. The number of thiophene rings is 1. The minimum atomic E-state index is 0.181. The Morgan fingerprint density at radius 2 is 1.89 bits per heavy atom. The Bertz CT molecular complexity index is 965. The molecule has 1 fully saturated rings. The summed E-state index contributed by atoms with van der Waals surface area (Å²) in [5.74, 6) is 1.09. The number of rotatable bonds is 5. The molecule has 0 bridgehead atoms. The van der Waals surface area contributed by atoms with Gasteiger partial charge in [0, 0.05) is 31.1 Å². The fourth-order valence-electron chi connectivity index (χ4n) is 3.49. The number of nitrogens with zero attached hydrogens (tertiary/aromatic N) is 4. The zero-order chi connectivity index (χ0) is 19.5. The van der Waals surface area contributed by atoms with Crippen LogP contribution in [-0.4, -0.2) is 54.1 Å². The molecule has 3 aromatic rings. The molecule has 1 saturated heterocycles. The fourth-order valence-corrected chi connectivity index (χ4v) is 4.45. The van der Waals surface area contributed by atoms with Crippen LogP contribution in [0.2, 0.25) is 0 Å². The van der Waals surface area contributed by atoms with Crippen LogP contribution in [0.15, 0.2) is 36.4 Å². The van der Waals surface area contributed by atoms with Gasteiger partial charge in [-0.15, -0.1) is 11.3 Å². The summed E-state index contributed by atoms with van der Waals surface area (Å²) >= 11 is 1.69. The number of hydrogen-bond donors (Lipinski definition) is 0. The second-order valence-electron chi connectivity index (χ2n) is 6.85. The molecule has 0 radical (unpaired) electrons. The molecule has 1 aliphatic heterocycles. The van der Waals surface area contributed by atoms with E-state index in [0.717, 1.165) is 41.1 Å². The summed E-state index contributed by atoms with van der Waals surface area (Å²) in [5.41, 5.74) is 1.06. The maximum atomic E-state index is 12.6. The summed E-state index contributed by atoms with van der Waals surface area (Å²) in [6.07, 6.45) is 1.43. The second kappa shape index (κ2) is 8.14. The van der Waals surface area contributed by atoms with Gasteiger partial charge in [-0.25, -0.2) is 0 Å². The van der Waals surface area contributed by atoms with Crippen molar-refractivity contribution in [2.24, 2.45) is 0 Å². The number of amides is 1. The van der Waals surface area contributed by atoms with Crippen LogP contribution >= 0.6 is 11.3 Å². The molecular formula is C21H24N4O2S. The quantitative estimate of drug-likeness (QED) is 0.663. The van der Waals surface area contributed by atoms with E-state index in [9.17, 15) is 4.79 Å². The van der Waals surface area contributed by atoms with Crippen LogP contribution < -0.4 is 9.64 Å². The smallest absolute Gasteiger partial charge is 0.319 e. The van der Waals surface area contributed by atoms with Crippen LogP contribution in [0.4, 0.5) is 5.82 Å². The van der Waals surface area contributed by atoms with Crippen molar-refractivity contribution < 1.29 is 9.53 Å². The van der Waals surface area contributed by atoms with Crippen molar-refractivity contribution in [2.75, 3.05) is 38.2 Å². The number of anilines is 1. The highest BCUT2D eigenvalue weighted by Gasteiger charge is 2.24. The summed E-state index contributed by atoms with van der Waals surface area (Å²) in [7, 11) is 1.60. The highest BCUT2D eigenvalue weighted by atomic mass is 32.1. The Balaban J connectivity index is 1.49. The number of carbonyl (C=O) groups is 1. The topological polar surface area (TPSA) is 58.6 Å². The molecule has 28 heavy (non-hydrogen) atoms. The van der Waals surface area contributed by atoms with E-state index in [0.29, 0.717) is 25.5 Å². The van der Waals surface area contributed by atoms with E-state index in [1.54, 1.807) is 18.4 Å². The number of carbonyl (C=O) groups excluding carboxylic acids is 1. The van der Waals surface area contributed by atoms with Crippen LogP contribution in [0, 0.1) is 0 Å². The normalized spacial score (nSPS) is 14.5. The highest BCUT2D eigenvalue weighted by Crippen LogP contribution is 2.33. The van der Waals surface area contributed by atoms with Crippen molar-refractivity contribution in [2.45, 2.75) is 19.8 Å². The van der Waals surface area contributed by atoms with Gasteiger partial charge in [-0.05, 0) is 18.1 Å². The molecule has 146 valence electrons. The molecule has 0 aliphatic carbocycles. The van der Waals surface area contributed by atoms with E-state index in [2.05, 4.69) is 27.9 Å². The van der Waals surface area contributed by atoms with Crippen molar-refractivity contribution in [3.8, 4) is 6.01 Å². The van der Waals surface area contributed by atoms with Crippen molar-refractivity contribution in [1.29, 1.82) is 0 Å². The minimum Gasteiger partial charge on any atom is -0.467 e. The largest absolute Gasteiger partial charge is 0.467 e. The Kier molecular flexibility index (Phi) is 5.43. The Labute approximate surface area is 168 Å². The molecule has 1 aliphatic rings. The van der Waals surface area contributed by atoms with Gasteiger partial charge in [0.05, 0.1) is 18.9 Å². The monoisotopic (exact) mass is 396 g/mol. The summed E-state index contributed by atoms with van der Waals surface area (Å²) in [6, 6.07) is 12.5. The molecule has 0 atom stereocenters. The van der Waals surface area contributed by atoms with Crippen molar-refractivity contribution in [3.05, 3.63) is 46.8 Å². The molecule has 1 amide bonds. The van der Waals surface area contributed by atoms with E-state index in [-0.39, 0.29) is 5.91 Å². The lowest BCUT2D eigenvalue weighted by Crippen LogP contribution is -2.49. The van der Waals surface area contributed by atoms with Gasteiger partial charge < -0.3 is 14.5 Å². The third kappa shape index (κ3) is 3.80. The number of ether oxygens (including phenoxy) is 1. The summed E-state index contributed by atoms with van der Waals surface area (Å²) in [5, 5.41) is 1.08. The van der Waals surface area contributed by atoms with E-state index >= 15 is 0 Å². The van der Waals surface area contributed by atoms with Gasteiger partial charge in [0.25, 0.3) is 0 Å². The van der Waals surface area contributed by atoms with E-state index in [1.165, 1.54) is 4.88 Å². The standard InChI is InChI=1S/C21H24N4O2S/c1-3-16-14-17-19(22-21(27-2)23-20(17)28-16)25-11-9-24(10-12-25)18(26)13-15-7-5-4-6-8-15/h4-8,14H,3,9-13H2,1-2H3. The van der Waals surface area contributed by atoms with Crippen LogP contribution in [0.1, 0.15) is 17.4 Å². The van der Waals surface area contributed by atoms with E-state index in [1.807, 2.05) is 35.2 Å². The van der Waals surface area contributed by atoms with Gasteiger partial charge in [0.15, 0.2) is 0 Å². The summed E-state index contributed by atoms with van der Waals surface area (Å²) in [4.78, 5) is 28.2. The predicted molar refractivity (Wildman–Crippen MR) is 112 cm³/mol. The maximum Gasteiger partial charge on any atom is 0.319 e. The van der Waals surface area contributed by atoms with Crippen LogP contribution in [0.25, 0.3) is 10.2 Å². The number of aryl methyl sites for hydroxylation is 1. The lowest BCUT2D eigenvalue weighted by atomic mass is 10.1. The van der Waals surface area contributed by atoms with Crippen LogP contribution in [-0.2, 0) is 17.6 Å². The Morgan fingerprint density at radius 1 is 1.14 bits per heavy atom. The maximum absolute atomic E-state index is 12.6. The fraction of sp³-hybridized carbons (Fsp3) is 0.381. The second-order valence-corrected chi connectivity index (χ2v) is 7.96. The SMILES string of the molecule is CCc1cc2c(N3CCN(C(=O)Cc4ccccc4)CC3)nc(OC)nc2s1. The summed E-state index contributed by atoms with van der Waals surface area (Å²) in [6.45, 7) is 5.06. The predicted octanol–water partition coefficient (Wildman–Crippen LogP) is 3.15. The number of hydrogen-bond acceptors (Lipinski definition) is 6. The zero-order valence-corrected chi connectivity index (χ0v) is 17.0. The Morgan fingerprint density at radius 3 is 2.57 bits per heavy atom. The molecule has 1 aromatic carbocycles. The third-order valence-electron chi connectivity index (χ3n) is 5.06. The van der Waals surface area contributed by atoms with Crippen LogP contribution in [0.3, 0.4) is 0 Å². The van der Waals surface area contributed by atoms with Gasteiger partial charge >= 0.3 is 6.01 Å². The molecule has 0 N–H and O–H groups in total. The lowest BCUT2D eigenvalue weighted by molar-refractivity contribution is -0.130. The van der Waals surface area contributed by atoms with Crippen molar-refractivity contribution in [1.82, 2.24) is 14.9 Å². The average Bonchev–Trinajstić information content (AvgIpc) is 3.17. The molecule has 3 heterocycles. The molecule has 7 heteroatoms. The average molecular weight is 397 g/mol. The summed E-state index contributed by atoms with van der Waals surface area (Å²) < 4.78 is 5.32. The van der Waals surface area contributed by atoms with E-state index in [4.69, 9.17) is 4.74 Å². The number of fused-ring (bicyclic) bond motifs is 1.